The van der Waals surface area contributed by atoms with Crippen LogP contribution in [-0.4, -0.2) is 45.6 Å². The largest absolute Gasteiger partial charge is 0.482 e. The number of aliphatic hydroxyl groups excluding tert-OH is 2. The first-order valence-electron chi connectivity index (χ1n) is 10.8. The molecule has 0 spiro atoms. The monoisotopic (exact) mass is 408 g/mol. The summed E-state index contributed by atoms with van der Waals surface area (Å²) in [4.78, 5) is 10.8. The number of carboxylic acid groups (broad SMARTS) is 1. The molecule has 0 unspecified atom stereocenters. The molecule has 0 aliphatic heterocycles. The van der Waals surface area contributed by atoms with Crippen molar-refractivity contribution in [2.75, 3.05) is 6.61 Å². The van der Waals surface area contributed by atoms with Crippen molar-refractivity contribution in [3.05, 3.63) is 29.3 Å². The SMILES string of the molecule is CCCCC[C@H](O)CC[C@@H]1[C@H]2Cc3cccc(OCC(=O)O)c3C[C@H]2C[C@H]1O.O. The molecule has 0 amide bonds. The number of hydrogen-bond donors (Lipinski definition) is 3. The maximum absolute atomic E-state index is 10.8. The van der Waals surface area contributed by atoms with Crippen LogP contribution in [0.15, 0.2) is 18.2 Å². The molecule has 1 fully saturated rings. The van der Waals surface area contributed by atoms with Crippen LogP contribution in [0.2, 0.25) is 0 Å². The summed E-state index contributed by atoms with van der Waals surface area (Å²) in [6.45, 7) is 1.84. The van der Waals surface area contributed by atoms with Gasteiger partial charge in [-0.25, -0.2) is 4.79 Å². The van der Waals surface area contributed by atoms with Crippen LogP contribution in [0.1, 0.15) is 63.0 Å². The highest BCUT2D eigenvalue weighted by Crippen LogP contribution is 2.48. The van der Waals surface area contributed by atoms with E-state index in [1.54, 1.807) is 0 Å². The summed E-state index contributed by atoms with van der Waals surface area (Å²) in [6, 6.07) is 5.87. The fraction of sp³-hybridized carbons (Fsp3) is 0.696. The second-order valence-electron chi connectivity index (χ2n) is 8.60. The first-order chi connectivity index (χ1) is 13.5. The molecule has 5 N–H and O–H groups in total. The smallest absolute Gasteiger partial charge is 0.341 e. The minimum Gasteiger partial charge on any atom is -0.482 e. The third kappa shape index (κ3) is 5.93. The number of fused-ring (bicyclic) bond motifs is 2. The standard InChI is InChI=1S/C23H34O5.H2O/c1-2-3-4-7-17(24)9-10-18-19-11-15-6-5-8-22(28-14-23(26)27)20(15)12-16(19)13-21(18)25;/h5-6,8,16-19,21,24-25H,2-4,7,9-14H2,1H3,(H,26,27);1H2/t16-,17-,18+,19-,21+;/m0./s1. The van der Waals surface area contributed by atoms with Crippen LogP contribution in [0, 0.1) is 17.8 Å². The van der Waals surface area contributed by atoms with Gasteiger partial charge in [-0.2, -0.15) is 0 Å². The molecule has 0 saturated heterocycles. The second kappa shape index (κ2) is 11.0. The lowest BCUT2D eigenvalue weighted by Gasteiger charge is -2.32. The molecule has 0 bridgehead atoms. The van der Waals surface area contributed by atoms with Crippen LogP contribution >= 0.6 is 0 Å². The minimum absolute atomic E-state index is 0. The lowest BCUT2D eigenvalue weighted by molar-refractivity contribution is -0.139. The van der Waals surface area contributed by atoms with Gasteiger partial charge in [-0.1, -0.05) is 38.3 Å². The van der Waals surface area contributed by atoms with E-state index in [2.05, 4.69) is 13.0 Å². The van der Waals surface area contributed by atoms with Crippen LogP contribution in [0.3, 0.4) is 0 Å². The van der Waals surface area contributed by atoms with Gasteiger partial charge in [0.05, 0.1) is 12.2 Å². The fourth-order valence-electron chi connectivity index (χ4n) is 5.24. The quantitative estimate of drug-likeness (QED) is 0.514. The molecule has 1 aromatic rings. The summed E-state index contributed by atoms with van der Waals surface area (Å²) < 4.78 is 5.50. The lowest BCUT2D eigenvalue weighted by Crippen LogP contribution is -2.28. The minimum atomic E-state index is -0.972. The third-order valence-corrected chi connectivity index (χ3v) is 6.67. The molecule has 0 heterocycles. The fourth-order valence-corrected chi connectivity index (χ4v) is 5.24. The first-order valence-corrected chi connectivity index (χ1v) is 10.8. The van der Waals surface area contributed by atoms with Gasteiger partial charge in [0, 0.05) is 0 Å². The summed E-state index contributed by atoms with van der Waals surface area (Å²) in [6.07, 6.45) is 7.85. The van der Waals surface area contributed by atoms with Crippen molar-refractivity contribution in [3.63, 3.8) is 0 Å². The lowest BCUT2D eigenvalue weighted by atomic mass is 9.73. The predicted molar refractivity (Wildman–Crippen MR) is 111 cm³/mol. The van der Waals surface area contributed by atoms with Crippen molar-refractivity contribution in [2.45, 2.75) is 76.9 Å². The Balaban J connectivity index is 0.00000300. The second-order valence-corrected chi connectivity index (χ2v) is 8.60. The zero-order valence-electron chi connectivity index (χ0n) is 17.3. The van der Waals surface area contributed by atoms with E-state index >= 15 is 0 Å². The number of aliphatic carboxylic acids is 1. The van der Waals surface area contributed by atoms with Gasteiger partial charge < -0.3 is 25.5 Å². The van der Waals surface area contributed by atoms with E-state index in [1.807, 2.05) is 12.1 Å². The van der Waals surface area contributed by atoms with Gasteiger partial charge in [0.25, 0.3) is 0 Å². The Morgan fingerprint density at radius 3 is 2.76 bits per heavy atom. The summed E-state index contributed by atoms with van der Waals surface area (Å²) >= 11 is 0. The van der Waals surface area contributed by atoms with Gasteiger partial charge in [-0.3, -0.25) is 0 Å². The van der Waals surface area contributed by atoms with Gasteiger partial charge >= 0.3 is 5.97 Å². The molecule has 1 aromatic carbocycles. The van der Waals surface area contributed by atoms with Crippen molar-refractivity contribution in [2.24, 2.45) is 17.8 Å². The van der Waals surface area contributed by atoms with Gasteiger partial charge in [-0.05, 0) is 73.5 Å². The van der Waals surface area contributed by atoms with Crippen molar-refractivity contribution >= 4 is 5.97 Å². The van der Waals surface area contributed by atoms with E-state index < -0.39 is 5.97 Å². The summed E-state index contributed by atoms with van der Waals surface area (Å²) in [5.74, 6) is 0.768. The van der Waals surface area contributed by atoms with Crippen LogP contribution < -0.4 is 4.74 Å². The van der Waals surface area contributed by atoms with Crippen LogP contribution in [0.25, 0.3) is 0 Å². The zero-order valence-corrected chi connectivity index (χ0v) is 17.3. The normalized spacial score (nSPS) is 26.2. The topological polar surface area (TPSA) is 118 Å². The highest BCUT2D eigenvalue weighted by atomic mass is 16.5. The molecular weight excluding hydrogens is 372 g/mol. The van der Waals surface area contributed by atoms with E-state index in [-0.39, 0.29) is 30.2 Å². The molecule has 6 heteroatoms. The van der Waals surface area contributed by atoms with Crippen molar-refractivity contribution in [3.8, 4) is 5.75 Å². The molecule has 0 radical (unpaired) electrons. The Morgan fingerprint density at radius 2 is 2.03 bits per heavy atom. The Kier molecular flexibility index (Phi) is 8.93. The number of carboxylic acids is 1. The van der Waals surface area contributed by atoms with Gasteiger partial charge in [0.15, 0.2) is 6.61 Å². The highest BCUT2D eigenvalue weighted by molar-refractivity contribution is 5.68. The first kappa shape index (κ1) is 23.6. The molecule has 2 aliphatic rings. The molecule has 2 aliphatic carbocycles. The third-order valence-electron chi connectivity index (χ3n) is 6.67. The zero-order chi connectivity index (χ0) is 20.1. The Morgan fingerprint density at radius 1 is 1.24 bits per heavy atom. The number of hydrogen-bond acceptors (Lipinski definition) is 4. The molecule has 3 rings (SSSR count). The molecule has 1 saturated carbocycles. The maximum atomic E-state index is 10.8. The van der Waals surface area contributed by atoms with Crippen LogP contribution in [0.4, 0.5) is 0 Å². The average molecular weight is 409 g/mol. The van der Waals surface area contributed by atoms with E-state index in [1.165, 1.54) is 5.56 Å². The summed E-state index contributed by atoms with van der Waals surface area (Å²) in [5.41, 5.74) is 2.32. The van der Waals surface area contributed by atoms with E-state index in [4.69, 9.17) is 9.84 Å². The molecule has 164 valence electrons. The van der Waals surface area contributed by atoms with Gasteiger partial charge in [0.2, 0.25) is 0 Å². The summed E-state index contributed by atoms with van der Waals surface area (Å²) in [7, 11) is 0. The van der Waals surface area contributed by atoms with E-state index in [0.29, 0.717) is 17.6 Å². The van der Waals surface area contributed by atoms with Crippen LogP contribution in [-0.2, 0) is 17.6 Å². The van der Waals surface area contributed by atoms with E-state index in [0.717, 1.165) is 63.4 Å². The molecule has 5 atom stereocenters. The Hall–Kier alpha value is -1.63. The van der Waals surface area contributed by atoms with Crippen molar-refractivity contribution in [1.29, 1.82) is 0 Å². The predicted octanol–water partition coefficient (Wildman–Crippen LogP) is 2.76. The number of unbranched alkanes of at least 4 members (excludes halogenated alkanes) is 2. The molecule has 0 aromatic heterocycles. The molecule has 6 nitrogen and oxygen atoms in total. The van der Waals surface area contributed by atoms with Crippen molar-refractivity contribution < 1.29 is 30.3 Å². The van der Waals surface area contributed by atoms with Crippen molar-refractivity contribution in [1.82, 2.24) is 0 Å². The summed E-state index contributed by atoms with van der Waals surface area (Å²) in [5, 5.41) is 29.8. The average Bonchev–Trinajstić information content (AvgIpc) is 2.97. The van der Waals surface area contributed by atoms with Crippen LogP contribution in [0.5, 0.6) is 5.75 Å². The number of benzene rings is 1. The Bertz CT molecular complexity index is 661. The number of ether oxygens (including phenoxy) is 1. The number of rotatable bonds is 10. The van der Waals surface area contributed by atoms with Gasteiger partial charge in [-0.15, -0.1) is 0 Å². The maximum Gasteiger partial charge on any atom is 0.341 e. The van der Waals surface area contributed by atoms with Gasteiger partial charge in [0.1, 0.15) is 5.75 Å². The molecular formula is C23H36O6. The molecule has 29 heavy (non-hydrogen) atoms. The Labute approximate surface area is 173 Å². The highest BCUT2D eigenvalue weighted by Gasteiger charge is 2.44. The van der Waals surface area contributed by atoms with E-state index in [9.17, 15) is 15.0 Å². The number of aliphatic hydroxyl groups is 2. The number of carbonyl (C=O) groups is 1.